The van der Waals surface area contributed by atoms with Gasteiger partial charge in [0, 0.05) is 38.6 Å². The van der Waals surface area contributed by atoms with Gasteiger partial charge in [0.15, 0.2) is 0 Å². The lowest BCUT2D eigenvalue weighted by molar-refractivity contribution is -0.135. The van der Waals surface area contributed by atoms with Crippen molar-refractivity contribution in [3.63, 3.8) is 0 Å². The number of pyridine rings is 1. The molecule has 0 spiro atoms. The summed E-state index contributed by atoms with van der Waals surface area (Å²) in [4.78, 5) is 20.5. The first kappa shape index (κ1) is 19.8. The number of hydrogen-bond acceptors (Lipinski definition) is 5. The van der Waals surface area contributed by atoms with E-state index in [2.05, 4.69) is 16.8 Å². The van der Waals surface area contributed by atoms with Crippen LogP contribution in [0.2, 0.25) is 0 Å². The van der Waals surface area contributed by atoms with Gasteiger partial charge in [0.25, 0.3) is 0 Å². The molecule has 3 N–H and O–H groups in total. The number of carbonyl (C=O) groups is 1. The Bertz CT molecular complexity index is 558. The van der Waals surface area contributed by atoms with Crippen molar-refractivity contribution in [3.8, 4) is 0 Å². The maximum Gasteiger partial charge on any atom is 0.242 e. The second-order valence-corrected chi connectivity index (χ2v) is 7.75. The van der Waals surface area contributed by atoms with Crippen molar-refractivity contribution < 1.29 is 9.90 Å². The predicted octanol–water partition coefficient (Wildman–Crippen LogP) is 1.38. The average Bonchev–Trinajstić information content (AvgIpc) is 2.75. The van der Waals surface area contributed by atoms with Gasteiger partial charge in [0.1, 0.15) is 0 Å². The van der Waals surface area contributed by atoms with Crippen molar-refractivity contribution in [1.82, 2.24) is 14.8 Å². The van der Waals surface area contributed by atoms with Gasteiger partial charge in [-0.25, -0.2) is 0 Å². The standard InChI is InChI=1S/C19H32N4O2/c1-4-22(14-16-6-10-21-11-7-16)15-19(25)8-5-12-23(13-9-19)17(24)18(2,3)20/h6-7,10-11,25H,4-5,8-9,12-15,20H2,1-3H3. The Kier molecular flexibility index (Phi) is 6.54. The first-order valence-electron chi connectivity index (χ1n) is 9.15. The third kappa shape index (κ3) is 5.76. The molecule has 0 saturated carbocycles. The first-order valence-corrected chi connectivity index (χ1v) is 9.15. The molecule has 6 nitrogen and oxygen atoms in total. The van der Waals surface area contributed by atoms with Crippen LogP contribution in [0.5, 0.6) is 0 Å². The molecule has 0 aromatic carbocycles. The summed E-state index contributed by atoms with van der Waals surface area (Å²) in [5.74, 6) is -0.0408. The van der Waals surface area contributed by atoms with Crippen molar-refractivity contribution in [2.45, 2.75) is 57.7 Å². The second kappa shape index (κ2) is 8.25. The predicted molar refractivity (Wildman–Crippen MR) is 98.8 cm³/mol. The zero-order chi connectivity index (χ0) is 18.5. The molecule has 1 amide bonds. The Labute approximate surface area is 151 Å². The van der Waals surface area contributed by atoms with Gasteiger partial charge >= 0.3 is 0 Å². The summed E-state index contributed by atoms with van der Waals surface area (Å²) in [6.45, 7) is 9.07. The molecule has 1 aliphatic rings. The van der Waals surface area contributed by atoms with E-state index in [1.54, 1.807) is 31.1 Å². The van der Waals surface area contributed by atoms with E-state index >= 15 is 0 Å². The lowest BCUT2D eigenvalue weighted by Crippen LogP contribution is -2.51. The van der Waals surface area contributed by atoms with Crippen LogP contribution in [-0.2, 0) is 11.3 Å². The number of amides is 1. The Morgan fingerprint density at radius 3 is 2.64 bits per heavy atom. The topological polar surface area (TPSA) is 82.7 Å². The zero-order valence-corrected chi connectivity index (χ0v) is 15.7. The van der Waals surface area contributed by atoms with Crippen LogP contribution in [0, 0.1) is 0 Å². The number of likely N-dealkylation sites (N-methyl/N-ethyl adjacent to an activating group) is 1. The Hall–Kier alpha value is -1.50. The molecule has 2 heterocycles. The van der Waals surface area contributed by atoms with Crippen molar-refractivity contribution in [2.24, 2.45) is 5.73 Å². The van der Waals surface area contributed by atoms with E-state index < -0.39 is 11.1 Å². The molecule has 2 rings (SSSR count). The highest BCUT2D eigenvalue weighted by Crippen LogP contribution is 2.25. The SMILES string of the molecule is CCN(Cc1ccncc1)CC1(O)CCCN(C(=O)C(C)(C)N)CC1. The minimum atomic E-state index is -0.862. The molecular weight excluding hydrogens is 316 g/mol. The summed E-state index contributed by atoms with van der Waals surface area (Å²) < 4.78 is 0. The van der Waals surface area contributed by atoms with Crippen LogP contribution >= 0.6 is 0 Å². The molecule has 1 aromatic rings. The number of nitrogens with zero attached hydrogens (tertiary/aromatic N) is 3. The molecule has 1 saturated heterocycles. The third-order valence-corrected chi connectivity index (χ3v) is 4.88. The van der Waals surface area contributed by atoms with E-state index in [9.17, 15) is 9.90 Å². The van der Waals surface area contributed by atoms with E-state index in [1.807, 2.05) is 12.1 Å². The van der Waals surface area contributed by atoms with Gasteiger partial charge in [-0.05, 0) is 57.4 Å². The van der Waals surface area contributed by atoms with Crippen LogP contribution in [0.25, 0.3) is 0 Å². The molecule has 1 aromatic heterocycles. The number of nitrogens with two attached hydrogens (primary N) is 1. The highest BCUT2D eigenvalue weighted by molar-refractivity contribution is 5.85. The number of aromatic nitrogens is 1. The van der Waals surface area contributed by atoms with Crippen LogP contribution in [0.3, 0.4) is 0 Å². The van der Waals surface area contributed by atoms with E-state index in [-0.39, 0.29) is 5.91 Å². The highest BCUT2D eigenvalue weighted by atomic mass is 16.3. The normalized spacial score (nSPS) is 22.1. The quantitative estimate of drug-likeness (QED) is 0.812. The molecule has 140 valence electrons. The fraction of sp³-hybridized carbons (Fsp3) is 0.684. The maximum atomic E-state index is 12.4. The van der Waals surface area contributed by atoms with Crippen molar-refractivity contribution >= 4 is 5.91 Å². The molecule has 6 heteroatoms. The number of aliphatic hydroxyl groups is 1. The minimum Gasteiger partial charge on any atom is -0.388 e. The molecule has 25 heavy (non-hydrogen) atoms. The van der Waals surface area contributed by atoms with Gasteiger partial charge in [0.2, 0.25) is 5.91 Å². The van der Waals surface area contributed by atoms with E-state index in [0.29, 0.717) is 32.5 Å². The van der Waals surface area contributed by atoms with E-state index in [0.717, 1.165) is 19.5 Å². The lowest BCUT2D eigenvalue weighted by Gasteiger charge is -2.33. The number of rotatable bonds is 6. The maximum absolute atomic E-state index is 12.4. The Morgan fingerprint density at radius 1 is 1.36 bits per heavy atom. The summed E-state index contributed by atoms with van der Waals surface area (Å²) in [6, 6.07) is 4.01. The molecule has 1 aliphatic heterocycles. The van der Waals surface area contributed by atoms with Gasteiger partial charge in [0.05, 0.1) is 11.1 Å². The summed E-state index contributed by atoms with van der Waals surface area (Å²) in [6.07, 6.45) is 5.67. The molecular formula is C19H32N4O2. The van der Waals surface area contributed by atoms with Crippen LogP contribution in [0.15, 0.2) is 24.5 Å². The Balaban J connectivity index is 1.97. The summed E-state index contributed by atoms with van der Waals surface area (Å²) >= 11 is 0. The smallest absolute Gasteiger partial charge is 0.242 e. The average molecular weight is 348 g/mol. The number of likely N-dealkylation sites (tertiary alicyclic amines) is 1. The summed E-state index contributed by atoms with van der Waals surface area (Å²) in [7, 11) is 0. The fourth-order valence-electron chi connectivity index (χ4n) is 3.39. The van der Waals surface area contributed by atoms with Gasteiger partial charge in [-0.3, -0.25) is 14.7 Å². The second-order valence-electron chi connectivity index (χ2n) is 7.75. The largest absolute Gasteiger partial charge is 0.388 e. The van der Waals surface area contributed by atoms with Crippen molar-refractivity contribution in [1.29, 1.82) is 0 Å². The summed E-state index contributed by atoms with van der Waals surface area (Å²) in [5, 5.41) is 11.1. The first-order chi connectivity index (χ1) is 11.7. The number of hydrogen-bond donors (Lipinski definition) is 2. The zero-order valence-electron chi connectivity index (χ0n) is 15.7. The van der Waals surface area contributed by atoms with Crippen LogP contribution in [-0.4, -0.2) is 63.1 Å². The van der Waals surface area contributed by atoms with Crippen LogP contribution in [0.1, 0.15) is 45.6 Å². The van der Waals surface area contributed by atoms with Crippen molar-refractivity contribution in [2.75, 3.05) is 26.2 Å². The van der Waals surface area contributed by atoms with Gasteiger partial charge in [-0.1, -0.05) is 6.92 Å². The van der Waals surface area contributed by atoms with Crippen LogP contribution in [0.4, 0.5) is 0 Å². The fourth-order valence-corrected chi connectivity index (χ4v) is 3.39. The van der Waals surface area contributed by atoms with Gasteiger partial charge in [-0.15, -0.1) is 0 Å². The molecule has 1 fully saturated rings. The molecule has 1 unspecified atom stereocenters. The minimum absolute atomic E-state index is 0.0408. The van der Waals surface area contributed by atoms with Crippen LogP contribution < -0.4 is 5.73 Å². The van der Waals surface area contributed by atoms with Gasteiger partial charge in [-0.2, -0.15) is 0 Å². The Morgan fingerprint density at radius 2 is 2.04 bits per heavy atom. The lowest BCUT2D eigenvalue weighted by atomic mass is 9.94. The third-order valence-electron chi connectivity index (χ3n) is 4.88. The van der Waals surface area contributed by atoms with Crippen molar-refractivity contribution in [3.05, 3.63) is 30.1 Å². The molecule has 0 bridgehead atoms. The monoisotopic (exact) mass is 348 g/mol. The molecule has 0 radical (unpaired) electrons. The molecule has 0 aliphatic carbocycles. The molecule has 1 atom stereocenters. The van der Waals surface area contributed by atoms with E-state index in [1.165, 1.54) is 5.56 Å². The number of carbonyl (C=O) groups excluding carboxylic acids is 1. The van der Waals surface area contributed by atoms with Gasteiger partial charge < -0.3 is 15.7 Å². The van der Waals surface area contributed by atoms with E-state index in [4.69, 9.17) is 5.73 Å². The summed E-state index contributed by atoms with van der Waals surface area (Å²) in [5.41, 5.74) is 5.51. The highest BCUT2D eigenvalue weighted by Gasteiger charge is 2.35.